The number of hydrogen-bond acceptors (Lipinski definition) is 5. The molecule has 1 fully saturated rings. The van der Waals surface area contributed by atoms with Crippen molar-refractivity contribution in [1.82, 2.24) is 20.1 Å². The Morgan fingerprint density at radius 1 is 1.55 bits per heavy atom. The average Bonchev–Trinajstić information content (AvgIpc) is 2.97. The first-order valence-electron chi connectivity index (χ1n) is 6.57. The first-order chi connectivity index (χ1) is 9.72. The quantitative estimate of drug-likeness (QED) is 0.819. The zero-order chi connectivity index (χ0) is 13.9. The third-order valence-electron chi connectivity index (χ3n) is 3.07. The maximum atomic E-state index is 11.7. The van der Waals surface area contributed by atoms with Gasteiger partial charge in [0.05, 0.1) is 18.6 Å². The summed E-state index contributed by atoms with van der Waals surface area (Å²) in [5, 5.41) is 11.9. The lowest BCUT2D eigenvalue weighted by Gasteiger charge is -2.06. The Morgan fingerprint density at radius 3 is 3.10 bits per heavy atom. The van der Waals surface area contributed by atoms with Gasteiger partial charge in [0.15, 0.2) is 5.16 Å². The Hall–Kier alpha value is -1.76. The lowest BCUT2D eigenvalue weighted by molar-refractivity contribution is -0.118. The fourth-order valence-electron chi connectivity index (χ4n) is 1.84. The van der Waals surface area contributed by atoms with E-state index in [9.17, 15) is 4.79 Å². The highest BCUT2D eigenvalue weighted by molar-refractivity contribution is 7.99. The molecule has 1 aliphatic carbocycles. The van der Waals surface area contributed by atoms with E-state index in [1.165, 1.54) is 11.8 Å². The number of rotatable bonds is 6. The fraction of sp³-hybridized carbons (Fsp3) is 0.462. The Bertz CT molecular complexity index is 590. The number of carbonyl (C=O) groups is 1. The van der Waals surface area contributed by atoms with Crippen LogP contribution in [0.3, 0.4) is 0 Å². The number of nitrogens with zero attached hydrogens (tertiary/aromatic N) is 3. The van der Waals surface area contributed by atoms with Crippen molar-refractivity contribution in [3.63, 3.8) is 0 Å². The summed E-state index contributed by atoms with van der Waals surface area (Å²) in [7, 11) is 0. The van der Waals surface area contributed by atoms with Crippen molar-refractivity contribution in [2.75, 3.05) is 5.75 Å². The maximum Gasteiger partial charge on any atom is 0.230 e. The molecule has 2 aromatic heterocycles. The second-order valence-corrected chi connectivity index (χ2v) is 5.77. The highest BCUT2D eigenvalue weighted by Crippen LogP contribution is 2.21. The number of nitrogens with one attached hydrogen (secondary N) is 1. The predicted molar refractivity (Wildman–Crippen MR) is 74.5 cm³/mol. The molecule has 106 valence electrons. The number of aromatic nitrogens is 3. The van der Waals surface area contributed by atoms with E-state index in [2.05, 4.69) is 15.5 Å². The molecule has 6 nitrogen and oxygen atoms in total. The van der Waals surface area contributed by atoms with Crippen molar-refractivity contribution in [3.8, 4) is 0 Å². The Morgan fingerprint density at radius 2 is 2.40 bits per heavy atom. The molecule has 0 unspecified atom stereocenters. The molecular weight excluding hydrogens is 276 g/mol. The van der Waals surface area contributed by atoms with E-state index in [0.29, 0.717) is 18.3 Å². The first kappa shape index (κ1) is 13.2. The second-order valence-electron chi connectivity index (χ2n) is 4.83. The summed E-state index contributed by atoms with van der Waals surface area (Å²) in [6, 6.07) is 4.16. The van der Waals surface area contributed by atoms with Gasteiger partial charge in [-0.25, -0.2) is 0 Å². The van der Waals surface area contributed by atoms with Crippen molar-refractivity contribution in [2.45, 2.75) is 37.5 Å². The lowest BCUT2D eigenvalue weighted by atomic mass is 10.4. The normalized spacial score (nSPS) is 14.4. The van der Waals surface area contributed by atoms with Gasteiger partial charge in [-0.1, -0.05) is 11.8 Å². The Kier molecular flexibility index (Phi) is 3.77. The monoisotopic (exact) mass is 292 g/mol. The highest BCUT2D eigenvalue weighted by Gasteiger charge is 2.23. The van der Waals surface area contributed by atoms with Gasteiger partial charge < -0.3 is 9.73 Å². The summed E-state index contributed by atoms with van der Waals surface area (Å²) in [6.07, 6.45) is 3.85. The number of furan rings is 1. The van der Waals surface area contributed by atoms with Crippen LogP contribution in [0.15, 0.2) is 28.0 Å². The molecular formula is C13H16N4O2S. The van der Waals surface area contributed by atoms with Crippen LogP contribution in [0.5, 0.6) is 0 Å². The standard InChI is InChI=1S/C13H16N4O2S/c1-9-15-16-13(17(9)7-11-3-2-6-19-11)20-8-12(18)14-10-4-5-10/h2-3,6,10H,4-5,7-8H2,1H3,(H,14,18). The third kappa shape index (κ3) is 3.22. The van der Waals surface area contributed by atoms with Crippen molar-refractivity contribution >= 4 is 17.7 Å². The molecule has 0 saturated heterocycles. The molecule has 0 atom stereocenters. The number of hydrogen-bond donors (Lipinski definition) is 1. The second kappa shape index (κ2) is 5.70. The molecule has 0 spiro atoms. The first-order valence-corrected chi connectivity index (χ1v) is 7.55. The average molecular weight is 292 g/mol. The number of amides is 1. The lowest BCUT2D eigenvalue weighted by Crippen LogP contribution is -2.27. The molecule has 3 rings (SSSR count). The van der Waals surface area contributed by atoms with Crippen molar-refractivity contribution in [2.24, 2.45) is 0 Å². The maximum absolute atomic E-state index is 11.7. The molecule has 0 radical (unpaired) electrons. The predicted octanol–water partition coefficient (Wildman–Crippen LogP) is 1.60. The molecule has 1 N–H and O–H groups in total. The van der Waals surface area contributed by atoms with Crippen LogP contribution in [0.4, 0.5) is 0 Å². The smallest absolute Gasteiger partial charge is 0.230 e. The molecule has 7 heteroatoms. The van der Waals surface area contributed by atoms with Crippen LogP contribution >= 0.6 is 11.8 Å². The van der Waals surface area contributed by atoms with Crippen LogP contribution in [0.2, 0.25) is 0 Å². The molecule has 2 aromatic rings. The highest BCUT2D eigenvalue weighted by atomic mass is 32.2. The van der Waals surface area contributed by atoms with E-state index < -0.39 is 0 Å². The zero-order valence-electron chi connectivity index (χ0n) is 11.2. The minimum Gasteiger partial charge on any atom is -0.467 e. The minimum absolute atomic E-state index is 0.0581. The summed E-state index contributed by atoms with van der Waals surface area (Å²) < 4.78 is 7.29. The van der Waals surface area contributed by atoms with Gasteiger partial charge >= 0.3 is 0 Å². The van der Waals surface area contributed by atoms with E-state index in [0.717, 1.165) is 29.6 Å². The number of aryl methyl sites for hydroxylation is 1. The summed E-state index contributed by atoms with van der Waals surface area (Å²) in [5.41, 5.74) is 0. The van der Waals surface area contributed by atoms with Crippen LogP contribution in [0.25, 0.3) is 0 Å². The Labute approximate surface area is 120 Å². The molecule has 0 aliphatic heterocycles. The van der Waals surface area contributed by atoms with Gasteiger partial charge in [-0.2, -0.15) is 0 Å². The van der Waals surface area contributed by atoms with Crippen LogP contribution in [0.1, 0.15) is 24.4 Å². The minimum atomic E-state index is 0.0581. The molecule has 0 aromatic carbocycles. The van der Waals surface area contributed by atoms with E-state index in [-0.39, 0.29) is 5.91 Å². The summed E-state index contributed by atoms with van der Waals surface area (Å²) in [5.74, 6) is 2.08. The van der Waals surface area contributed by atoms with E-state index in [1.54, 1.807) is 6.26 Å². The van der Waals surface area contributed by atoms with Crippen molar-refractivity contribution in [1.29, 1.82) is 0 Å². The third-order valence-corrected chi connectivity index (χ3v) is 4.04. The molecule has 2 heterocycles. The van der Waals surface area contributed by atoms with Crippen LogP contribution < -0.4 is 5.32 Å². The van der Waals surface area contributed by atoms with Crippen LogP contribution in [-0.4, -0.2) is 32.5 Å². The molecule has 0 bridgehead atoms. The fourth-order valence-corrected chi connectivity index (χ4v) is 2.63. The van der Waals surface area contributed by atoms with Crippen LogP contribution in [0, 0.1) is 6.92 Å². The van der Waals surface area contributed by atoms with Gasteiger partial charge in [0.2, 0.25) is 5.91 Å². The van der Waals surface area contributed by atoms with Crippen molar-refractivity contribution < 1.29 is 9.21 Å². The number of thioether (sulfide) groups is 1. The van der Waals surface area contributed by atoms with E-state index >= 15 is 0 Å². The molecule has 1 amide bonds. The van der Waals surface area contributed by atoms with E-state index in [1.807, 2.05) is 23.6 Å². The van der Waals surface area contributed by atoms with Gasteiger partial charge in [-0.15, -0.1) is 10.2 Å². The van der Waals surface area contributed by atoms with Crippen LogP contribution in [-0.2, 0) is 11.3 Å². The van der Waals surface area contributed by atoms with Crippen molar-refractivity contribution in [3.05, 3.63) is 30.0 Å². The number of carbonyl (C=O) groups excluding carboxylic acids is 1. The SMILES string of the molecule is Cc1nnc(SCC(=O)NC2CC2)n1Cc1ccco1. The summed E-state index contributed by atoms with van der Waals surface area (Å²) in [4.78, 5) is 11.7. The van der Waals surface area contributed by atoms with E-state index in [4.69, 9.17) is 4.42 Å². The largest absolute Gasteiger partial charge is 0.467 e. The topological polar surface area (TPSA) is 73.0 Å². The summed E-state index contributed by atoms with van der Waals surface area (Å²) >= 11 is 1.40. The molecule has 20 heavy (non-hydrogen) atoms. The molecule has 1 aliphatic rings. The van der Waals surface area contributed by atoms with Gasteiger partial charge in [-0.3, -0.25) is 9.36 Å². The zero-order valence-corrected chi connectivity index (χ0v) is 12.0. The Balaban J connectivity index is 1.62. The van der Waals surface area contributed by atoms with Gasteiger partial charge in [0, 0.05) is 6.04 Å². The van der Waals surface area contributed by atoms with Gasteiger partial charge in [-0.05, 0) is 31.9 Å². The van der Waals surface area contributed by atoms with Gasteiger partial charge in [0.1, 0.15) is 11.6 Å². The summed E-state index contributed by atoms with van der Waals surface area (Å²) in [6.45, 7) is 2.47. The van der Waals surface area contributed by atoms with Gasteiger partial charge in [0.25, 0.3) is 0 Å². The molecule has 1 saturated carbocycles.